The number of benzene rings is 1. The summed E-state index contributed by atoms with van der Waals surface area (Å²) in [5.74, 6) is 1.14. The Kier molecular flexibility index (Phi) is 2.29. The number of aromatic hydroxyl groups is 1. The molecule has 2 aromatic rings. The van der Waals surface area contributed by atoms with Crippen LogP contribution in [0, 0.1) is 6.92 Å². The third kappa shape index (κ3) is 1.38. The lowest BCUT2D eigenvalue weighted by Gasteiger charge is -1.88. The third-order valence-corrected chi connectivity index (χ3v) is 1.62. The number of hydrogen-bond donors (Lipinski definition) is 1. The number of furan rings is 1. The molecule has 0 fully saturated rings. The molecule has 0 saturated heterocycles. The molecule has 0 saturated carbocycles. The van der Waals surface area contributed by atoms with E-state index in [0.717, 1.165) is 16.7 Å². The lowest BCUT2D eigenvalue weighted by molar-refractivity contribution is 0.475. The molecule has 0 bridgehead atoms. The van der Waals surface area contributed by atoms with Gasteiger partial charge in [0.25, 0.3) is 0 Å². The van der Waals surface area contributed by atoms with Gasteiger partial charge in [0.1, 0.15) is 17.1 Å². The molecule has 2 nitrogen and oxygen atoms in total. The van der Waals surface area contributed by atoms with Crippen LogP contribution in [0.3, 0.4) is 0 Å². The average molecular weight is 185 g/mol. The second-order valence-electron chi connectivity index (χ2n) is 2.58. The number of fused-ring (bicyclic) bond motifs is 1. The normalized spacial score (nSPS) is 9.75. The van der Waals surface area contributed by atoms with Gasteiger partial charge in [0.2, 0.25) is 0 Å². The first-order chi connectivity index (χ1) is 5.25. The van der Waals surface area contributed by atoms with Crippen molar-refractivity contribution < 1.29 is 9.52 Å². The van der Waals surface area contributed by atoms with E-state index in [4.69, 9.17) is 9.52 Å². The summed E-state index contributed by atoms with van der Waals surface area (Å²) in [6.07, 6.45) is 0. The Morgan fingerprint density at radius 1 is 1.25 bits per heavy atom. The van der Waals surface area contributed by atoms with Gasteiger partial charge in [-0.3, -0.25) is 0 Å². The van der Waals surface area contributed by atoms with Crippen molar-refractivity contribution in [2.45, 2.75) is 6.92 Å². The molecule has 1 N–H and O–H groups in total. The fourth-order valence-electron chi connectivity index (χ4n) is 1.16. The number of halogens is 1. The summed E-state index contributed by atoms with van der Waals surface area (Å²) in [5, 5.41) is 10.0. The van der Waals surface area contributed by atoms with Gasteiger partial charge >= 0.3 is 0 Å². The Bertz CT molecular complexity index is 392. The van der Waals surface area contributed by atoms with Crippen LogP contribution in [0.4, 0.5) is 0 Å². The highest BCUT2D eigenvalue weighted by molar-refractivity contribution is 5.85. The topological polar surface area (TPSA) is 33.4 Å². The largest absolute Gasteiger partial charge is 0.508 e. The second-order valence-corrected chi connectivity index (χ2v) is 2.58. The van der Waals surface area contributed by atoms with E-state index in [1.807, 2.05) is 13.0 Å². The first-order valence-electron chi connectivity index (χ1n) is 3.45. The Morgan fingerprint density at radius 3 is 2.75 bits per heavy atom. The number of hydrogen-bond acceptors (Lipinski definition) is 2. The van der Waals surface area contributed by atoms with Gasteiger partial charge in [-0.2, -0.15) is 0 Å². The van der Waals surface area contributed by atoms with Crippen LogP contribution in [0.25, 0.3) is 11.0 Å². The summed E-state index contributed by atoms with van der Waals surface area (Å²) in [4.78, 5) is 0. The summed E-state index contributed by atoms with van der Waals surface area (Å²) in [6.45, 7) is 1.89. The molecule has 3 heteroatoms. The van der Waals surface area contributed by atoms with Gasteiger partial charge in [0.15, 0.2) is 0 Å². The second kappa shape index (κ2) is 3.07. The predicted molar refractivity (Wildman–Crippen MR) is 49.9 cm³/mol. The predicted octanol–water partition coefficient (Wildman–Crippen LogP) is 2.87. The van der Waals surface area contributed by atoms with Gasteiger partial charge < -0.3 is 9.52 Å². The number of aryl methyl sites for hydroxylation is 1. The van der Waals surface area contributed by atoms with Crippen molar-refractivity contribution in [2.75, 3.05) is 0 Å². The van der Waals surface area contributed by atoms with Crippen LogP contribution in [0.5, 0.6) is 5.75 Å². The lowest BCUT2D eigenvalue weighted by atomic mass is 10.2. The maximum Gasteiger partial charge on any atom is 0.134 e. The van der Waals surface area contributed by atoms with Gasteiger partial charge in [-0.1, -0.05) is 0 Å². The van der Waals surface area contributed by atoms with E-state index in [2.05, 4.69) is 0 Å². The van der Waals surface area contributed by atoms with E-state index in [9.17, 15) is 0 Å². The Balaban J connectivity index is 0.000000720. The van der Waals surface area contributed by atoms with Crippen LogP contribution in [0.2, 0.25) is 0 Å². The maximum absolute atomic E-state index is 9.10. The van der Waals surface area contributed by atoms with Gasteiger partial charge in [-0.25, -0.2) is 0 Å². The van der Waals surface area contributed by atoms with Crippen molar-refractivity contribution in [3.05, 3.63) is 30.0 Å². The molecule has 1 aromatic heterocycles. The number of rotatable bonds is 0. The van der Waals surface area contributed by atoms with E-state index < -0.39 is 0 Å². The summed E-state index contributed by atoms with van der Waals surface area (Å²) in [7, 11) is 0. The molecule has 0 unspecified atom stereocenters. The Hall–Kier alpha value is -1.15. The van der Waals surface area contributed by atoms with Crippen LogP contribution in [-0.4, -0.2) is 5.11 Å². The Labute approximate surface area is 76.2 Å². The molecule has 0 aliphatic carbocycles. The minimum atomic E-state index is 0. The first kappa shape index (κ1) is 8.94. The molecule has 64 valence electrons. The molecule has 0 amide bonds. The highest BCUT2D eigenvalue weighted by Crippen LogP contribution is 2.22. The molecule has 2 rings (SSSR count). The number of phenolic OH excluding ortho intramolecular Hbond substituents is 1. The summed E-state index contributed by atoms with van der Waals surface area (Å²) in [6, 6.07) is 6.96. The summed E-state index contributed by atoms with van der Waals surface area (Å²) in [5.41, 5.74) is 0.820. The van der Waals surface area contributed by atoms with E-state index in [1.54, 1.807) is 18.2 Å². The minimum absolute atomic E-state index is 0. The number of phenols is 1. The van der Waals surface area contributed by atoms with Crippen molar-refractivity contribution in [1.82, 2.24) is 0 Å². The van der Waals surface area contributed by atoms with Crippen molar-refractivity contribution in [2.24, 2.45) is 0 Å². The van der Waals surface area contributed by atoms with Crippen molar-refractivity contribution in [3.63, 3.8) is 0 Å². The zero-order valence-corrected chi connectivity index (χ0v) is 7.39. The molecule has 0 spiro atoms. The molecular formula is C9H9ClO2. The summed E-state index contributed by atoms with van der Waals surface area (Å²) >= 11 is 0. The van der Waals surface area contributed by atoms with Crippen LogP contribution in [0.1, 0.15) is 5.76 Å². The van der Waals surface area contributed by atoms with Crippen molar-refractivity contribution in [1.29, 1.82) is 0 Å². The summed E-state index contributed by atoms with van der Waals surface area (Å²) < 4.78 is 5.31. The van der Waals surface area contributed by atoms with Gasteiger partial charge in [-0.05, 0) is 31.2 Å². The minimum Gasteiger partial charge on any atom is -0.508 e. The van der Waals surface area contributed by atoms with Crippen molar-refractivity contribution >= 4 is 23.4 Å². The lowest BCUT2D eigenvalue weighted by Crippen LogP contribution is -1.62. The van der Waals surface area contributed by atoms with Crippen LogP contribution in [-0.2, 0) is 0 Å². The van der Waals surface area contributed by atoms with E-state index in [-0.39, 0.29) is 18.2 Å². The molecule has 0 aliphatic heterocycles. The van der Waals surface area contributed by atoms with Gasteiger partial charge in [0.05, 0.1) is 0 Å². The molecule has 0 radical (unpaired) electrons. The maximum atomic E-state index is 9.10. The quantitative estimate of drug-likeness (QED) is 0.683. The first-order valence-corrected chi connectivity index (χ1v) is 3.45. The zero-order chi connectivity index (χ0) is 7.84. The molecule has 1 heterocycles. The smallest absolute Gasteiger partial charge is 0.134 e. The standard InChI is InChI=1S/C9H8O2.ClH/c1-6-4-7-5-8(10)2-3-9(7)11-6;/h2-5,10H,1H3;1H. The van der Waals surface area contributed by atoms with Crippen LogP contribution >= 0.6 is 12.4 Å². The fraction of sp³-hybridized carbons (Fsp3) is 0.111. The van der Waals surface area contributed by atoms with E-state index in [1.165, 1.54) is 0 Å². The van der Waals surface area contributed by atoms with Gasteiger partial charge in [0, 0.05) is 5.39 Å². The Morgan fingerprint density at radius 2 is 2.00 bits per heavy atom. The van der Waals surface area contributed by atoms with Crippen LogP contribution < -0.4 is 0 Å². The molecular weight excluding hydrogens is 176 g/mol. The van der Waals surface area contributed by atoms with E-state index in [0.29, 0.717) is 0 Å². The zero-order valence-electron chi connectivity index (χ0n) is 6.57. The fourth-order valence-corrected chi connectivity index (χ4v) is 1.16. The van der Waals surface area contributed by atoms with Gasteiger partial charge in [-0.15, -0.1) is 12.4 Å². The third-order valence-electron chi connectivity index (χ3n) is 1.62. The highest BCUT2D eigenvalue weighted by Gasteiger charge is 1.99. The monoisotopic (exact) mass is 184 g/mol. The molecule has 1 aromatic carbocycles. The molecule has 0 atom stereocenters. The van der Waals surface area contributed by atoms with E-state index >= 15 is 0 Å². The molecule has 12 heavy (non-hydrogen) atoms. The molecule has 0 aliphatic rings. The highest BCUT2D eigenvalue weighted by atomic mass is 35.5. The van der Waals surface area contributed by atoms with Crippen molar-refractivity contribution in [3.8, 4) is 5.75 Å². The SMILES string of the molecule is Cc1cc2cc(O)ccc2o1.Cl. The average Bonchev–Trinajstić information content (AvgIpc) is 2.27. The van der Waals surface area contributed by atoms with Crippen LogP contribution in [0.15, 0.2) is 28.7 Å².